The standard InChI is InChI=1S/C11H10N2O2/c1-13(9-5-3-2-4-6-9)11(14)10-7-12-8-15-10/h2-8H,1H3. The Morgan fingerprint density at radius 1 is 1.33 bits per heavy atom. The Balaban J connectivity index is 2.23. The third kappa shape index (κ3) is 1.88. The van der Waals surface area contributed by atoms with E-state index >= 15 is 0 Å². The summed E-state index contributed by atoms with van der Waals surface area (Å²) >= 11 is 0. The molecule has 4 nitrogen and oxygen atoms in total. The number of rotatable bonds is 2. The van der Waals surface area contributed by atoms with Gasteiger partial charge in [0.25, 0.3) is 5.91 Å². The number of carbonyl (C=O) groups excluding carboxylic acids is 1. The van der Waals surface area contributed by atoms with E-state index in [2.05, 4.69) is 4.98 Å². The molecular formula is C11H10N2O2. The Bertz CT molecular complexity index is 437. The topological polar surface area (TPSA) is 46.3 Å². The van der Waals surface area contributed by atoms with Crippen LogP contribution in [-0.2, 0) is 0 Å². The summed E-state index contributed by atoms with van der Waals surface area (Å²) < 4.78 is 4.94. The van der Waals surface area contributed by atoms with Crippen LogP contribution >= 0.6 is 0 Å². The zero-order valence-corrected chi connectivity index (χ0v) is 8.25. The van der Waals surface area contributed by atoms with E-state index in [1.807, 2.05) is 30.3 Å². The summed E-state index contributed by atoms with van der Waals surface area (Å²) in [5.74, 6) is 0.0278. The molecule has 2 rings (SSSR count). The van der Waals surface area contributed by atoms with Crippen LogP contribution in [0, 0.1) is 0 Å². The molecule has 1 aromatic heterocycles. The molecule has 0 spiro atoms. The van der Waals surface area contributed by atoms with Crippen LogP contribution in [-0.4, -0.2) is 17.9 Å². The fraction of sp³-hybridized carbons (Fsp3) is 0.0909. The van der Waals surface area contributed by atoms with Crippen LogP contribution in [0.3, 0.4) is 0 Å². The van der Waals surface area contributed by atoms with Gasteiger partial charge < -0.3 is 9.32 Å². The molecule has 4 heteroatoms. The molecule has 76 valence electrons. The largest absolute Gasteiger partial charge is 0.438 e. The zero-order valence-electron chi connectivity index (χ0n) is 8.25. The molecule has 0 radical (unpaired) electrons. The Hall–Kier alpha value is -2.10. The van der Waals surface area contributed by atoms with E-state index in [4.69, 9.17) is 4.42 Å². The lowest BCUT2D eigenvalue weighted by Gasteiger charge is -2.14. The molecule has 1 amide bonds. The third-order valence-electron chi connectivity index (χ3n) is 2.09. The highest BCUT2D eigenvalue weighted by Crippen LogP contribution is 2.14. The molecular weight excluding hydrogens is 192 g/mol. The molecule has 1 heterocycles. The maximum Gasteiger partial charge on any atom is 0.295 e. The summed E-state index contributed by atoms with van der Waals surface area (Å²) in [4.78, 5) is 17.0. The van der Waals surface area contributed by atoms with Crippen LogP contribution in [0.1, 0.15) is 10.6 Å². The summed E-state index contributed by atoms with van der Waals surface area (Å²) in [7, 11) is 1.69. The molecule has 0 fully saturated rings. The Kier molecular flexibility index (Phi) is 2.49. The van der Waals surface area contributed by atoms with Gasteiger partial charge in [0.1, 0.15) is 0 Å². The van der Waals surface area contributed by atoms with Crippen molar-refractivity contribution in [2.75, 3.05) is 11.9 Å². The van der Waals surface area contributed by atoms with Gasteiger partial charge in [0.2, 0.25) is 5.76 Å². The van der Waals surface area contributed by atoms with Crippen molar-refractivity contribution in [2.45, 2.75) is 0 Å². The van der Waals surface area contributed by atoms with E-state index < -0.39 is 0 Å². The van der Waals surface area contributed by atoms with Crippen molar-refractivity contribution in [3.63, 3.8) is 0 Å². The number of para-hydroxylation sites is 1. The molecule has 0 unspecified atom stereocenters. The van der Waals surface area contributed by atoms with Gasteiger partial charge in [-0.2, -0.15) is 0 Å². The van der Waals surface area contributed by atoms with Crippen LogP contribution in [0.4, 0.5) is 5.69 Å². The number of amides is 1. The average Bonchev–Trinajstić information content (AvgIpc) is 2.82. The molecule has 0 aliphatic heterocycles. The van der Waals surface area contributed by atoms with E-state index in [-0.39, 0.29) is 11.7 Å². The second-order valence-electron chi connectivity index (χ2n) is 3.07. The minimum atomic E-state index is -0.210. The lowest BCUT2D eigenvalue weighted by molar-refractivity contribution is 0.0966. The van der Waals surface area contributed by atoms with E-state index in [0.29, 0.717) is 0 Å². The normalized spacial score (nSPS) is 9.93. The second kappa shape index (κ2) is 3.96. The van der Waals surface area contributed by atoms with Gasteiger partial charge in [-0.3, -0.25) is 4.79 Å². The molecule has 0 atom stereocenters. The average molecular weight is 202 g/mol. The minimum Gasteiger partial charge on any atom is -0.438 e. The molecule has 0 saturated heterocycles. The van der Waals surface area contributed by atoms with Crippen LogP contribution in [0.2, 0.25) is 0 Å². The van der Waals surface area contributed by atoms with E-state index in [1.165, 1.54) is 17.5 Å². The van der Waals surface area contributed by atoms with E-state index in [1.54, 1.807) is 7.05 Å². The van der Waals surface area contributed by atoms with Gasteiger partial charge in [0, 0.05) is 12.7 Å². The molecule has 15 heavy (non-hydrogen) atoms. The zero-order chi connectivity index (χ0) is 10.7. The summed E-state index contributed by atoms with van der Waals surface area (Å²) in [6.07, 6.45) is 2.65. The van der Waals surface area contributed by atoms with Crippen LogP contribution in [0.15, 0.2) is 47.3 Å². The number of carbonyl (C=O) groups is 1. The predicted molar refractivity (Wildman–Crippen MR) is 55.7 cm³/mol. The summed E-state index contributed by atoms with van der Waals surface area (Å²) in [5.41, 5.74) is 0.818. The highest BCUT2D eigenvalue weighted by molar-refractivity contribution is 6.03. The summed E-state index contributed by atoms with van der Waals surface area (Å²) in [5, 5.41) is 0. The second-order valence-corrected chi connectivity index (χ2v) is 3.07. The van der Waals surface area contributed by atoms with Crippen molar-refractivity contribution in [1.82, 2.24) is 4.98 Å². The van der Waals surface area contributed by atoms with E-state index in [0.717, 1.165) is 5.69 Å². The van der Waals surface area contributed by atoms with Gasteiger partial charge in [0.15, 0.2) is 6.39 Å². The van der Waals surface area contributed by atoms with Crippen molar-refractivity contribution in [3.8, 4) is 0 Å². The quantitative estimate of drug-likeness (QED) is 0.747. The summed E-state index contributed by atoms with van der Waals surface area (Å²) in [6.45, 7) is 0. The fourth-order valence-electron chi connectivity index (χ4n) is 1.26. The smallest absolute Gasteiger partial charge is 0.295 e. The first-order valence-electron chi connectivity index (χ1n) is 4.50. The molecule has 2 aromatic rings. The number of hydrogen-bond acceptors (Lipinski definition) is 3. The van der Waals surface area contributed by atoms with Gasteiger partial charge in [0.05, 0.1) is 6.20 Å². The summed E-state index contributed by atoms with van der Waals surface area (Å²) in [6, 6.07) is 9.36. The lowest BCUT2D eigenvalue weighted by Crippen LogP contribution is -2.25. The van der Waals surface area contributed by atoms with Crippen LogP contribution in [0.25, 0.3) is 0 Å². The van der Waals surface area contributed by atoms with Crippen molar-refractivity contribution >= 4 is 11.6 Å². The number of oxazole rings is 1. The first-order chi connectivity index (χ1) is 7.29. The molecule has 0 saturated carbocycles. The molecule has 0 aliphatic rings. The van der Waals surface area contributed by atoms with Gasteiger partial charge in [-0.25, -0.2) is 4.98 Å². The molecule has 1 aromatic carbocycles. The van der Waals surface area contributed by atoms with Crippen molar-refractivity contribution in [3.05, 3.63) is 48.7 Å². The highest BCUT2D eigenvalue weighted by atomic mass is 16.3. The Labute approximate surface area is 87.2 Å². The van der Waals surface area contributed by atoms with Gasteiger partial charge >= 0.3 is 0 Å². The number of hydrogen-bond donors (Lipinski definition) is 0. The van der Waals surface area contributed by atoms with Crippen LogP contribution < -0.4 is 4.90 Å². The van der Waals surface area contributed by atoms with Crippen molar-refractivity contribution in [2.24, 2.45) is 0 Å². The van der Waals surface area contributed by atoms with E-state index in [9.17, 15) is 4.79 Å². The predicted octanol–water partition coefficient (Wildman–Crippen LogP) is 1.95. The maximum absolute atomic E-state index is 11.8. The lowest BCUT2D eigenvalue weighted by atomic mass is 10.3. The minimum absolute atomic E-state index is 0.210. The fourth-order valence-corrected chi connectivity index (χ4v) is 1.26. The molecule has 0 bridgehead atoms. The monoisotopic (exact) mass is 202 g/mol. The number of aromatic nitrogens is 1. The van der Waals surface area contributed by atoms with Gasteiger partial charge in [-0.05, 0) is 12.1 Å². The number of benzene rings is 1. The Morgan fingerprint density at radius 3 is 2.67 bits per heavy atom. The van der Waals surface area contributed by atoms with Crippen molar-refractivity contribution < 1.29 is 9.21 Å². The Morgan fingerprint density at radius 2 is 2.07 bits per heavy atom. The SMILES string of the molecule is CN(C(=O)c1cnco1)c1ccccc1. The molecule has 0 N–H and O–H groups in total. The maximum atomic E-state index is 11.8. The first kappa shape index (κ1) is 9.45. The number of nitrogens with zero attached hydrogens (tertiary/aromatic N) is 2. The first-order valence-corrected chi connectivity index (χ1v) is 4.50. The van der Waals surface area contributed by atoms with Gasteiger partial charge in [-0.1, -0.05) is 18.2 Å². The number of anilines is 1. The highest BCUT2D eigenvalue weighted by Gasteiger charge is 2.15. The van der Waals surface area contributed by atoms with Crippen molar-refractivity contribution in [1.29, 1.82) is 0 Å². The third-order valence-corrected chi connectivity index (χ3v) is 2.09. The van der Waals surface area contributed by atoms with Crippen LogP contribution in [0.5, 0.6) is 0 Å². The van der Waals surface area contributed by atoms with Gasteiger partial charge in [-0.15, -0.1) is 0 Å². The molecule has 0 aliphatic carbocycles.